The SMILES string of the molecule is NCc1cccc(-n2nc(C(F)(F)F)cc2C(=O)Nc2cc([C@](N)(CCC3CC3)c3ccccn3)ccc2F)c1. The van der Waals surface area contributed by atoms with E-state index in [-0.39, 0.29) is 17.9 Å². The highest BCUT2D eigenvalue weighted by Gasteiger charge is 2.37. The van der Waals surface area contributed by atoms with Crippen LogP contribution in [-0.4, -0.2) is 20.7 Å². The molecule has 1 aliphatic carbocycles. The minimum atomic E-state index is -4.81. The molecule has 1 aliphatic rings. The van der Waals surface area contributed by atoms with Crippen LogP contribution in [0.5, 0.6) is 0 Å². The van der Waals surface area contributed by atoms with Crippen molar-refractivity contribution < 1.29 is 22.4 Å². The summed E-state index contributed by atoms with van der Waals surface area (Å²) in [7, 11) is 0. The van der Waals surface area contributed by atoms with Crippen LogP contribution >= 0.6 is 0 Å². The van der Waals surface area contributed by atoms with E-state index < -0.39 is 34.8 Å². The van der Waals surface area contributed by atoms with E-state index in [1.165, 1.54) is 30.3 Å². The Morgan fingerprint density at radius 2 is 1.82 bits per heavy atom. The molecular weight excluding hydrogens is 524 g/mol. The fourth-order valence-corrected chi connectivity index (χ4v) is 4.66. The standard InChI is InChI=1S/C29H28F4N6O/c30-22-10-9-20(28(35,12-11-18-7-8-18)25-6-1-2-13-36-25)15-23(22)37-27(40)24-16-26(29(31,32)33)38-39(24)21-5-3-4-19(14-21)17-34/h1-6,9-10,13-16,18H,7-8,11-12,17,34-35H2,(H,37,40)/t28-/m1/s1. The zero-order valence-electron chi connectivity index (χ0n) is 21.5. The van der Waals surface area contributed by atoms with Crippen LogP contribution in [0.25, 0.3) is 5.69 Å². The second-order valence-corrected chi connectivity index (χ2v) is 10.0. The molecular formula is C29H28F4N6O. The predicted octanol–water partition coefficient (Wildman–Crippen LogP) is 5.53. The average molecular weight is 553 g/mol. The maximum atomic E-state index is 15.0. The molecule has 0 bridgehead atoms. The molecule has 208 valence electrons. The quantitative estimate of drug-likeness (QED) is 0.237. The molecule has 1 atom stereocenters. The van der Waals surface area contributed by atoms with Crippen molar-refractivity contribution in [3.05, 3.63) is 107 Å². The van der Waals surface area contributed by atoms with E-state index in [1.807, 2.05) is 6.07 Å². The number of pyridine rings is 1. The van der Waals surface area contributed by atoms with Gasteiger partial charge in [0.05, 0.1) is 22.6 Å². The highest BCUT2D eigenvalue weighted by atomic mass is 19.4. The smallest absolute Gasteiger partial charge is 0.326 e. The number of hydrogen-bond acceptors (Lipinski definition) is 5. The average Bonchev–Trinajstić information content (AvgIpc) is 3.67. The van der Waals surface area contributed by atoms with Gasteiger partial charge in [-0.15, -0.1) is 0 Å². The number of nitrogens with two attached hydrogens (primary N) is 2. The van der Waals surface area contributed by atoms with Crippen LogP contribution in [0.2, 0.25) is 0 Å². The predicted molar refractivity (Wildman–Crippen MR) is 142 cm³/mol. The van der Waals surface area contributed by atoms with E-state index in [0.29, 0.717) is 35.2 Å². The van der Waals surface area contributed by atoms with E-state index in [9.17, 15) is 22.4 Å². The number of carbonyl (C=O) groups excluding carboxylic acids is 1. The fraction of sp³-hybridized carbons (Fsp3) is 0.276. The molecule has 0 radical (unpaired) electrons. The molecule has 5 rings (SSSR count). The summed E-state index contributed by atoms with van der Waals surface area (Å²) >= 11 is 0. The van der Waals surface area contributed by atoms with Gasteiger partial charge in [-0.1, -0.05) is 37.1 Å². The molecule has 1 fully saturated rings. The number of hydrogen-bond donors (Lipinski definition) is 3. The first kappa shape index (κ1) is 27.5. The van der Waals surface area contributed by atoms with Gasteiger partial charge in [-0.25, -0.2) is 9.07 Å². The minimum Gasteiger partial charge on any atom is -0.326 e. The Morgan fingerprint density at radius 3 is 2.50 bits per heavy atom. The van der Waals surface area contributed by atoms with Crippen molar-refractivity contribution in [2.45, 2.75) is 43.9 Å². The maximum absolute atomic E-state index is 15.0. The second kappa shape index (κ2) is 10.8. The zero-order valence-corrected chi connectivity index (χ0v) is 21.5. The van der Waals surface area contributed by atoms with Crippen LogP contribution in [0.1, 0.15) is 58.7 Å². The molecule has 0 spiro atoms. The summed E-state index contributed by atoms with van der Waals surface area (Å²) in [6.07, 6.45) is 0.482. The monoisotopic (exact) mass is 552 g/mol. The molecule has 11 heteroatoms. The Hall–Kier alpha value is -4.09. The fourth-order valence-electron chi connectivity index (χ4n) is 4.66. The van der Waals surface area contributed by atoms with Crippen LogP contribution in [0.3, 0.4) is 0 Å². The van der Waals surface area contributed by atoms with Gasteiger partial charge in [0.1, 0.15) is 11.5 Å². The number of rotatable bonds is 9. The highest BCUT2D eigenvalue weighted by Crippen LogP contribution is 2.40. The van der Waals surface area contributed by atoms with Gasteiger partial charge in [-0.3, -0.25) is 9.78 Å². The molecule has 5 N–H and O–H groups in total. The molecule has 2 aromatic carbocycles. The van der Waals surface area contributed by atoms with Gasteiger partial charge < -0.3 is 16.8 Å². The molecule has 0 aliphatic heterocycles. The summed E-state index contributed by atoms with van der Waals surface area (Å²) in [5.41, 5.74) is 11.5. The Kier molecular flexibility index (Phi) is 7.43. The van der Waals surface area contributed by atoms with Crippen molar-refractivity contribution in [1.82, 2.24) is 14.8 Å². The molecule has 4 aromatic rings. The van der Waals surface area contributed by atoms with E-state index in [4.69, 9.17) is 11.5 Å². The van der Waals surface area contributed by atoms with Gasteiger partial charge in [0.25, 0.3) is 5.91 Å². The minimum absolute atomic E-state index is 0.138. The van der Waals surface area contributed by atoms with Gasteiger partial charge in [-0.2, -0.15) is 18.3 Å². The summed E-state index contributed by atoms with van der Waals surface area (Å²) in [5, 5.41) is 6.05. The third-order valence-corrected chi connectivity index (χ3v) is 7.12. The lowest BCUT2D eigenvalue weighted by Crippen LogP contribution is -2.39. The first-order chi connectivity index (χ1) is 19.1. The zero-order chi connectivity index (χ0) is 28.5. The molecule has 1 saturated carbocycles. The van der Waals surface area contributed by atoms with E-state index in [2.05, 4.69) is 15.4 Å². The molecule has 1 amide bonds. The maximum Gasteiger partial charge on any atom is 0.435 e. The van der Waals surface area contributed by atoms with Crippen molar-refractivity contribution in [3.8, 4) is 5.69 Å². The van der Waals surface area contributed by atoms with Crippen molar-refractivity contribution in [3.63, 3.8) is 0 Å². The van der Waals surface area contributed by atoms with E-state index in [1.54, 1.807) is 30.5 Å². The highest BCUT2D eigenvalue weighted by molar-refractivity contribution is 6.03. The number of benzene rings is 2. The summed E-state index contributed by atoms with van der Waals surface area (Å²) in [5.74, 6) is -1.17. The van der Waals surface area contributed by atoms with Gasteiger partial charge >= 0.3 is 6.18 Å². The van der Waals surface area contributed by atoms with Crippen LogP contribution in [-0.2, 0) is 18.3 Å². The third kappa shape index (κ3) is 5.75. The molecule has 0 unspecified atom stereocenters. The molecule has 0 saturated heterocycles. The van der Waals surface area contributed by atoms with Crippen LogP contribution < -0.4 is 16.8 Å². The van der Waals surface area contributed by atoms with E-state index >= 15 is 0 Å². The van der Waals surface area contributed by atoms with Crippen molar-refractivity contribution in [2.75, 3.05) is 5.32 Å². The lowest BCUT2D eigenvalue weighted by Gasteiger charge is -2.30. The Balaban J connectivity index is 1.51. The Labute approximate surface area is 228 Å². The number of nitrogens with one attached hydrogen (secondary N) is 1. The summed E-state index contributed by atoms with van der Waals surface area (Å²) in [4.78, 5) is 17.8. The van der Waals surface area contributed by atoms with Gasteiger partial charge in [0.2, 0.25) is 0 Å². The molecule has 7 nitrogen and oxygen atoms in total. The summed E-state index contributed by atoms with van der Waals surface area (Å²) in [6, 6.07) is 16.4. The van der Waals surface area contributed by atoms with Crippen LogP contribution in [0.4, 0.5) is 23.2 Å². The van der Waals surface area contributed by atoms with E-state index in [0.717, 1.165) is 23.9 Å². The number of carbonyl (C=O) groups is 1. The van der Waals surface area contributed by atoms with Crippen LogP contribution in [0.15, 0.2) is 72.9 Å². The second-order valence-electron chi connectivity index (χ2n) is 10.0. The summed E-state index contributed by atoms with van der Waals surface area (Å²) < 4.78 is 56.6. The van der Waals surface area contributed by atoms with Crippen LogP contribution in [0, 0.1) is 11.7 Å². The third-order valence-electron chi connectivity index (χ3n) is 7.12. The number of amides is 1. The molecule has 40 heavy (non-hydrogen) atoms. The van der Waals surface area contributed by atoms with Crippen molar-refractivity contribution in [1.29, 1.82) is 0 Å². The first-order valence-corrected chi connectivity index (χ1v) is 12.9. The van der Waals surface area contributed by atoms with Gasteiger partial charge in [-0.05, 0) is 66.3 Å². The normalized spacial score (nSPS) is 15.1. The Bertz CT molecular complexity index is 1520. The van der Waals surface area contributed by atoms with Crippen molar-refractivity contribution in [2.24, 2.45) is 17.4 Å². The lowest BCUT2D eigenvalue weighted by atomic mass is 9.82. The Morgan fingerprint density at radius 1 is 1.02 bits per heavy atom. The topological polar surface area (TPSA) is 112 Å². The van der Waals surface area contributed by atoms with Gasteiger partial charge in [0.15, 0.2) is 5.69 Å². The number of aromatic nitrogens is 3. The number of anilines is 1. The summed E-state index contributed by atoms with van der Waals surface area (Å²) in [6.45, 7) is 0.138. The van der Waals surface area contributed by atoms with Crippen molar-refractivity contribution >= 4 is 11.6 Å². The first-order valence-electron chi connectivity index (χ1n) is 12.9. The number of alkyl halides is 3. The lowest BCUT2D eigenvalue weighted by molar-refractivity contribution is -0.141. The van der Waals surface area contributed by atoms with Gasteiger partial charge in [0, 0.05) is 18.8 Å². The number of halogens is 4. The molecule has 2 aromatic heterocycles. The molecule has 2 heterocycles. The largest absolute Gasteiger partial charge is 0.435 e. The number of nitrogens with zero attached hydrogens (tertiary/aromatic N) is 3.